The second kappa shape index (κ2) is 8.87. The van der Waals surface area contributed by atoms with Crippen LogP contribution in [-0.2, 0) is 10.0 Å². The lowest BCUT2D eigenvalue weighted by molar-refractivity contribution is 0.156. The molecule has 162 valence electrons. The summed E-state index contributed by atoms with van der Waals surface area (Å²) in [4.78, 5) is 2.75. The van der Waals surface area contributed by atoms with Crippen LogP contribution < -0.4 is 0 Å². The minimum absolute atomic E-state index is 0.114. The Morgan fingerprint density at radius 1 is 0.594 bits per heavy atom. The summed E-state index contributed by atoms with van der Waals surface area (Å²) in [6.07, 6.45) is 0. The zero-order chi connectivity index (χ0) is 22.0. The first-order valence-electron chi connectivity index (χ1n) is 11.0. The van der Waals surface area contributed by atoms with Gasteiger partial charge in [-0.1, -0.05) is 91.0 Å². The summed E-state index contributed by atoms with van der Waals surface area (Å²) < 4.78 is 28.3. The fourth-order valence-corrected chi connectivity index (χ4v) is 6.02. The van der Waals surface area contributed by atoms with E-state index in [2.05, 4.69) is 53.4 Å². The Morgan fingerprint density at radius 2 is 1.12 bits per heavy atom. The van der Waals surface area contributed by atoms with E-state index < -0.39 is 10.0 Å². The van der Waals surface area contributed by atoms with Crippen molar-refractivity contribution in [2.45, 2.75) is 10.9 Å². The number of hydrogen-bond donors (Lipinski definition) is 0. The molecule has 5 rings (SSSR count). The van der Waals surface area contributed by atoms with Crippen LogP contribution >= 0.6 is 0 Å². The van der Waals surface area contributed by atoms with E-state index in [0.717, 1.165) is 10.8 Å². The highest BCUT2D eigenvalue weighted by Crippen LogP contribution is 2.30. The van der Waals surface area contributed by atoms with Gasteiger partial charge in [-0.3, -0.25) is 4.90 Å². The average Bonchev–Trinajstić information content (AvgIpc) is 2.85. The molecule has 32 heavy (non-hydrogen) atoms. The van der Waals surface area contributed by atoms with Gasteiger partial charge in [0.1, 0.15) is 0 Å². The van der Waals surface area contributed by atoms with E-state index in [4.69, 9.17) is 0 Å². The smallest absolute Gasteiger partial charge is 0.243 e. The first-order chi connectivity index (χ1) is 15.6. The van der Waals surface area contributed by atoms with Crippen LogP contribution in [0.15, 0.2) is 108 Å². The zero-order valence-electron chi connectivity index (χ0n) is 17.8. The summed E-state index contributed by atoms with van der Waals surface area (Å²) in [5.41, 5.74) is 2.45. The molecule has 1 fully saturated rings. The second-order valence-electron chi connectivity index (χ2n) is 8.17. The molecule has 0 aromatic heterocycles. The van der Waals surface area contributed by atoms with Crippen LogP contribution in [0.5, 0.6) is 0 Å². The molecule has 0 aliphatic carbocycles. The topological polar surface area (TPSA) is 40.6 Å². The molecule has 1 heterocycles. The molecule has 0 unspecified atom stereocenters. The van der Waals surface area contributed by atoms with Crippen molar-refractivity contribution < 1.29 is 8.42 Å². The number of sulfonamides is 1. The summed E-state index contributed by atoms with van der Waals surface area (Å²) in [5.74, 6) is 0. The van der Waals surface area contributed by atoms with Crippen LogP contribution in [0.3, 0.4) is 0 Å². The van der Waals surface area contributed by atoms with Crippen molar-refractivity contribution in [1.82, 2.24) is 9.21 Å². The van der Waals surface area contributed by atoms with Crippen LogP contribution in [0, 0.1) is 0 Å². The third kappa shape index (κ3) is 4.07. The van der Waals surface area contributed by atoms with Gasteiger partial charge >= 0.3 is 0 Å². The highest BCUT2D eigenvalue weighted by molar-refractivity contribution is 7.89. The van der Waals surface area contributed by atoms with Crippen molar-refractivity contribution in [2.24, 2.45) is 0 Å². The number of rotatable bonds is 5. The predicted molar refractivity (Wildman–Crippen MR) is 129 cm³/mol. The lowest BCUT2D eigenvalue weighted by Gasteiger charge is -2.39. The Hall–Kier alpha value is -2.99. The lowest BCUT2D eigenvalue weighted by atomic mass is 9.96. The van der Waals surface area contributed by atoms with Gasteiger partial charge in [0, 0.05) is 26.2 Å². The number of piperazine rings is 1. The SMILES string of the molecule is O=S(=O)(c1ccc2ccccc2c1)N1CCN(C(c2ccccc2)c2ccccc2)CC1. The highest BCUT2D eigenvalue weighted by Gasteiger charge is 2.32. The van der Waals surface area contributed by atoms with Crippen LogP contribution in [0.2, 0.25) is 0 Å². The van der Waals surface area contributed by atoms with Gasteiger partial charge in [0.2, 0.25) is 10.0 Å². The van der Waals surface area contributed by atoms with Gasteiger partial charge in [0.15, 0.2) is 0 Å². The maximum absolute atomic E-state index is 13.4. The molecule has 1 saturated heterocycles. The minimum atomic E-state index is -3.53. The molecule has 0 bridgehead atoms. The van der Waals surface area contributed by atoms with E-state index in [1.807, 2.05) is 42.5 Å². The molecular weight excluding hydrogens is 416 g/mol. The Kier molecular flexibility index (Phi) is 5.79. The molecule has 4 nitrogen and oxygen atoms in total. The predicted octanol–water partition coefficient (Wildman–Crippen LogP) is 4.94. The highest BCUT2D eigenvalue weighted by atomic mass is 32.2. The summed E-state index contributed by atoms with van der Waals surface area (Å²) in [6, 6.07) is 34.3. The van der Waals surface area contributed by atoms with E-state index in [1.54, 1.807) is 16.4 Å². The molecule has 4 aromatic carbocycles. The molecule has 1 aliphatic rings. The molecule has 0 radical (unpaired) electrons. The largest absolute Gasteiger partial charge is 0.290 e. The quantitative estimate of drug-likeness (QED) is 0.440. The summed E-state index contributed by atoms with van der Waals surface area (Å²) in [5, 5.41) is 1.99. The number of fused-ring (bicyclic) bond motifs is 1. The normalized spacial score (nSPS) is 15.9. The fourth-order valence-electron chi connectivity index (χ4n) is 4.56. The number of hydrogen-bond acceptors (Lipinski definition) is 3. The lowest BCUT2D eigenvalue weighted by Crippen LogP contribution is -2.49. The molecule has 0 N–H and O–H groups in total. The number of nitrogens with zero attached hydrogens (tertiary/aromatic N) is 2. The van der Waals surface area contributed by atoms with Gasteiger partial charge in [-0.2, -0.15) is 4.31 Å². The van der Waals surface area contributed by atoms with Crippen molar-refractivity contribution in [3.8, 4) is 0 Å². The summed E-state index contributed by atoms with van der Waals surface area (Å²) >= 11 is 0. The second-order valence-corrected chi connectivity index (χ2v) is 10.1. The maximum Gasteiger partial charge on any atom is 0.243 e. The molecule has 0 spiro atoms. The fraction of sp³-hybridized carbons (Fsp3) is 0.185. The third-order valence-electron chi connectivity index (χ3n) is 6.23. The Bertz CT molecular complexity index is 1260. The van der Waals surface area contributed by atoms with Crippen molar-refractivity contribution in [1.29, 1.82) is 0 Å². The van der Waals surface area contributed by atoms with Gasteiger partial charge in [-0.25, -0.2) is 8.42 Å². The first kappa shape index (κ1) is 20.9. The summed E-state index contributed by atoms with van der Waals surface area (Å²) in [7, 11) is -3.53. The van der Waals surface area contributed by atoms with Crippen molar-refractivity contribution in [3.05, 3.63) is 114 Å². The zero-order valence-corrected chi connectivity index (χ0v) is 18.7. The standard InChI is InChI=1S/C27H26N2O2S/c30-32(31,26-16-15-22-9-7-8-14-25(22)21-26)29-19-17-28(18-20-29)27(23-10-3-1-4-11-23)24-12-5-2-6-13-24/h1-16,21,27H,17-20H2. The molecule has 0 amide bonds. The van der Waals surface area contributed by atoms with Gasteiger partial charge in [-0.15, -0.1) is 0 Å². The Labute approximate surface area is 189 Å². The Morgan fingerprint density at radius 3 is 1.72 bits per heavy atom. The van der Waals surface area contributed by atoms with Gasteiger partial charge < -0.3 is 0 Å². The molecule has 0 atom stereocenters. The number of benzene rings is 4. The van der Waals surface area contributed by atoms with E-state index in [9.17, 15) is 8.42 Å². The first-order valence-corrected chi connectivity index (χ1v) is 12.4. The van der Waals surface area contributed by atoms with Crippen LogP contribution in [0.1, 0.15) is 17.2 Å². The van der Waals surface area contributed by atoms with E-state index >= 15 is 0 Å². The maximum atomic E-state index is 13.4. The third-order valence-corrected chi connectivity index (χ3v) is 8.12. The van der Waals surface area contributed by atoms with E-state index in [0.29, 0.717) is 31.1 Å². The van der Waals surface area contributed by atoms with E-state index in [1.165, 1.54) is 11.1 Å². The molecular formula is C27H26N2O2S. The molecule has 1 aliphatic heterocycles. The molecule has 5 heteroatoms. The van der Waals surface area contributed by atoms with Gasteiger partial charge in [-0.05, 0) is 34.0 Å². The van der Waals surface area contributed by atoms with Gasteiger partial charge in [0.05, 0.1) is 10.9 Å². The summed E-state index contributed by atoms with van der Waals surface area (Å²) in [6.45, 7) is 2.32. The molecule has 4 aromatic rings. The Balaban J connectivity index is 1.38. The van der Waals surface area contributed by atoms with Crippen molar-refractivity contribution >= 4 is 20.8 Å². The monoisotopic (exact) mass is 442 g/mol. The minimum Gasteiger partial charge on any atom is -0.290 e. The van der Waals surface area contributed by atoms with Crippen LogP contribution in [0.4, 0.5) is 0 Å². The van der Waals surface area contributed by atoms with Crippen LogP contribution in [-0.4, -0.2) is 43.8 Å². The van der Waals surface area contributed by atoms with Gasteiger partial charge in [0.25, 0.3) is 0 Å². The van der Waals surface area contributed by atoms with E-state index in [-0.39, 0.29) is 6.04 Å². The van der Waals surface area contributed by atoms with Crippen molar-refractivity contribution in [3.63, 3.8) is 0 Å². The molecule has 0 saturated carbocycles. The van der Waals surface area contributed by atoms with Crippen molar-refractivity contribution in [2.75, 3.05) is 26.2 Å². The average molecular weight is 443 g/mol. The van der Waals surface area contributed by atoms with Crippen LogP contribution in [0.25, 0.3) is 10.8 Å².